The van der Waals surface area contributed by atoms with E-state index in [4.69, 9.17) is 9.84 Å². The highest BCUT2D eigenvalue weighted by Gasteiger charge is 2.17. The van der Waals surface area contributed by atoms with E-state index in [0.29, 0.717) is 6.54 Å². The second kappa shape index (κ2) is 9.64. The van der Waals surface area contributed by atoms with Gasteiger partial charge in [-0.05, 0) is 37.1 Å². The van der Waals surface area contributed by atoms with E-state index >= 15 is 0 Å². The molecule has 0 saturated carbocycles. The first-order valence-electron chi connectivity index (χ1n) is 7.82. The lowest BCUT2D eigenvalue weighted by Crippen LogP contribution is -2.47. The quantitative estimate of drug-likeness (QED) is 0.684. The highest BCUT2D eigenvalue weighted by molar-refractivity contribution is 5.85. The minimum Gasteiger partial charge on any atom is -0.491 e. The van der Waals surface area contributed by atoms with Crippen molar-refractivity contribution in [2.24, 2.45) is 0 Å². The SMILES string of the molecule is CC(C)(CO)NCC(O)COc1ccc(-c2ccccc2)cc1.Cl. The third-order valence-corrected chi connectivity index (χ3v) is 3.62. The number of hydrogen-bond donors (Lipinski definition) is 3. The molecule has 0 aromatic heterocycles. The van der Waals surface area contributed by atoms with Crippen LogP contribution in [0.3, 0.4) is 0 Å². The number of ether oxygens (including phenoxy) is 1. The first kappa shape index (κ1) is 20.5. The minimum absolute atomic E-state index is 0. The lowest BCUT2D eigenvalue weighted by Gasteiger charge is -2.25. The van der Waals surface area contributed by atoms with Crippen molar-refractivity contribution in [3.05, 3.63) is 54.6 Å². The fourth-order valence-electron chi connectivity index (χ4n) is 2.08. The van der Waals surface area contributed by atoms with Crippen molar-refractivity contribution in [3.8, 4) is 16.9 Å². The maximum Gasteiger partial charge on any atom is 0.119 e. The zero-order chi connectivity index (χ0) is 16.7. The molecule has 0 saturated heterocycles. The Morgan fingerprint density at radius 1 is 1.00 bits per heavy atom. The molecule has 2 aromatic carbocycles. The Bertz CT molecular complexity index is 587. The third kappa shape index (κ3) is 6.49. The van der Waals surface area contributed by atoms with Crippen molar-refractivity contribution in [2.75, 3.05) is 19.8 Å². The van der Waals surface area contributed by atoms with Gasteiger partial charge in [0.25, 0.3) is 0 Å². The predicted octanol–water partition coefficient (Wildman–Crippen LogP) is 2.88. The summed E-state index contributed by atoms with van der Waals surface area (Å²) in [5.74, 6) is 0.727. The van der Waals surface area contributed by atoms with E-state index in [9.17, 15) is 5.11 Å². The Kier molecular flexibility index (Phi) is 8.22. The maximum atomic E-state index is 9.93. The van der Waals surface area contributed by atoms with Gasteiger partial charge in [-0.3, -0.25) is 0 Å². The Balaban J connectivity index is 0.00000288. The Morgan fingerprint density at radius 2 is 1.58 bits per heavy atom. The molecule has 0 spiro atoms. The van der Waals surface area contributed by atoms with E-state index in [2.05, 4.69) is 17.4 Å². The molecule has 0 radical (unpaired) electrons. The van der Waals surface area contributed by atoms with Crippen LogP contribution in [0.25, 0.3) is 11.1 Å². The fourth-order valence-corrected chi connectivity index (χ4v) is 2.08. The van der Waals surface area contributed by atoms with Crippen LogP contribution >= 0.6 is 12.4 Å². The molecule has 0 aliphatic rings. The summed E-state index contributed by atoms with van der Waals surface area (Å²) >= 11 is 0. The minimum atomic E-state index is -0.630. The van der Waals surface area contributed by atoms with Crippen LogP contribution in [0, 0.1) is 0 Å². The van der Waals surface area contributed by atoms with Gasteiger partial charge in [0, 0.05) is 12.1 Å². The van der Waals surface area contributed by atoms with E-state index in [-0.39, 0.29) is 25.6 Å². The smallest absolute Gasteiger partial charge is 0.119 e. The fraction of sp³-hybridized carbons (Fsp3) is 0.368. The van der Waals surface area contributed by atoms with E-state index < -0.39 is 11.6 Å². The molecule has 0 fully saturated rings. The van der Waals surface area contributed by atoms with Gasteiger partial charge in [0.15, 0.2) is 0 Å². The van der Waals surface area contributed by atoms with E-state index in [0.717, 1.165) is 16.9 Å². The number of β-amino-alcohol motifs (C(OH)–C–C–N with tert-alkyl or cyclic N) is 1. The Labute approximate surface area is 149 Å². The lowest BCUT2D eigenvalue weighted by molar-refractivity contribution is 0.0907. The normalized spacial score (nSPS) is 12.3. The van der Waals surface area contributed by atoms with Gasteiger partial charge in [0.05, 0.1) is 6.61 Å². The summed E-state index contributed by atoms with van der Waals surface area (Å²) in [4.78, 5) is 0. The maximum absolute atomic E-state index is 9.93. The number of nitrogens with one attached hydrogen (secondary N) is 1. The van der Waals surface area contributed by atoms with Crippen LogP contribution in [0.4, 0.5) is 0 Å². The molecule has 0 bridgehead atoms. The Hall–Kier alpha value is -1.59. The highest BCUT2D eigenvalue weighted by atomic mass is 35.5. The van der Waals surface area contributed by atoms with Crippen LogP contribution in [0.1, 0.15) is 13.8 Å². The molecule has 3 N–H and O–H groups in total. The van der Waals surface area contributed by atoms with Gasteiger partial charge in [0.2, 0.25) is 0 Å². The van der Waals surface area contributed by atoms with Gasteiger partial charge in [-0.2, -0.15) is 0 Å². The number of hydrogen-bond acceptors (Lipinski definition) is 4. The molecule has 1 atom stereocenters. The number of aliphatic hydroxyl groups is 2. The van der Waals surface area contributed by atoms with Crippen molar-refractivity contribution < 1.29 is 14.9 Å². The second-order valence-corrected chi connectivity index (χ2v) is 6.28. The van der Waals surface area contributed by atoms with Gasteiger partial charge < -0.3 is 20.3 Å². The molecular formula is C19H26ClNO3. The molecule has 132 valence electrons. The van der Waals surface area contributed by atoms with Crippen molar-refractivity contribution in [3.63, 3.8) is 0 Å². The molecule has 2 rings (SSSR count). The van der Waals surface area contributed by atoms with Gasteiger partial charge in [-0.15, -0.1) is 12.4 Å². The molecule has 0 amide bonds. The molecule has 0 heterocycles. The molecule has 0 aliphatic heterocycles. The standard InChI is InChI=1S/C19H25NO3.ClH/c1-19(2,14-21)20-12-17(22)13-23-18-10-8-16(9-11-18)15-6-4-3-5-7-15;/h3-11,17,20-22H,12-14H2,1-2H3;1H. The molecule has 4 nitrogen and oxygen atoms in total. The van der Waals surface area contributed by atoms with Gasteiger partial charge in [-0.25, -0.2) is 0 Å². The van der Waals surface area contributed by atoms with E-state index in [1.807, 2.05) is 56.3 Å². The zero-order valence-corrected chi connectivity index (χ0v) is 14.9. The second-order valence-electron chi connectivity index (χ2n) is 6.28. The first-order valence-corrected chi connectivity index (χ1v) is 7.82. The van der Waals surface area contributed by atoms with E-state index in [1.165, 1.54) is 0 Å². The van der Waals surface area contributed by atoms with E-state index in [1.54, 1.807) is 0 Å². The summed E-state index contributed by atoms with van der Waals surface area (Å²) in [6.45, 7) is 4.35. The Morgan fingerprint density at radius 3 is 2.17 bits per heavy atom. The molecule has 24 heavy (non-hydrogen) atoms. The van der Waals surface area contributed by atoms with Crippen LogP contribution in [-0.4, -0.2) is 41.6 Å². The van der Waals surface area contributed by atoms with Crippen molar-refractivity contribution in [1.29, 1.82) is 0 Å². The number of rotatable bonds is 8. The summed E-state index contributed by atoms with van der Waals surface area (Å²) in [6, 6.07) is 18.0. The monoisotopic (exact) mass is 351 g/mol. The third-order valence-electron chi connectivity index (χ3n) is 3.62. The van der Waals surface area contributed by atoms with Crippen molar-refractivity contribution in [2.45, 2.75) is 25.5 Å². The molecular weight excluding hydrogens is 326 g/mol. The van der Waals surface area contributed by atoms with Crippen LogP contribution in [0.15, 0.2) is 54.6 Å². The van der Waals surface area contributed by atoms with Crippen LogP contribution in [-0.2, 0) is 0 Å². The number of halogens is 1. The highest BCUT2D eigenvalue weighted by Crippen LogP contribution is 2.22. The number of aliphatic hydroxyl groups excluding tert-OH is 2. The summed E-state index contributed by atoms with van der Waals surface area (Å²) in [5, 5.41) is 22.2. The van der Waals surface area contributed by atoms with Gasteiger partial charge >= 0.3 is 0 Å². The summed E-state index contributed by atoms with van der Waals surface area (Å²) in [7, 11) is 0. The molecule has 0 aliphatic carbocycles. The van der Waals surface area contributed by atoms with Gasteiger partial charge in [-0.1, -0.05) is 42.5 Å². The first-order chi connectivity index (χ1) is 11.0. The largest absolute Gasteiger partial charge is 0.491 e. The van der Waals surface area contributed by atoms with Crippen LogP contribution < -0.4 is 10.1 Å². The summed E-state index contributed by atoms with van der Waals surface area (Å²) in [5.41, 5.74) is 1.89. The average Bonchev–Trinajstić information content (AvgIpc) is 2.59. The topological polar surface area (TPSA) is 61.7 Å². The molecule has 1 unspecified atom stereocenters. The lowest BCUT2D eigenvalue weighted by atomic mass is 10.1. The zero-order valence-electron chi connectivity index (χ0n) is 14.1. The van der Waals surface area contributed by atoms with Crippen LogP contribution in [0.5, 0.6) is 5.75 Å². The predicted molar refractivity (Wildman–Crippen MR) is 99.8 cm³/mol. The van der Waals surface area contributed by atoms with Crippen molar-refractivity contribution >= 4 is 12.4 Å². The average molecular weight is 352 g/mol. The van der Waals surface area contributed by atoms with Crippen LogP contribution in [0.2, 0.25) is 0 Å². The van der Waals surface area contributed by atoms with Gasteiger partial charge in [0.1, 0.15) is 18.5 Å². The molecule has 2 aromatic rings. The number of benzene rings is 2. The van der Waals surface area contributed by atoms with Crippen molar-refractivity contribution in [1.82, 2.24) is 5.32 Å². The molecule has 5 heteroatoms. The summed E-state index contributed by atoms with van der Waals surface area (Å²) < 4.78 is 5.61. The summed E-state index contributed by atoms with van der Waals surface area (Å²) in [6.07, 6.45) is -0.630.